The zero-order chi connectivity index (χ0) is 21.3. The van der Waals surface area contributed by atoms with Crippen LogP contribution in [0.15, 0.2) is 48.5 Å². The normalized spacial score (nSPS) is 12.1. The minimum atomic E-state index is -3.35. The molecule has 7 nitrogen and oxygen atoms in total. The number of hydrogen-bond acceptors (Lipinski definition) is 5. The maximum Gasteiger partial charge on any atom is 0.229 e. The third-order valence-corrected chi connectivity index (χ3v) is 4.63. The predicted molar refractivity (Wildman–Crippen MR) is 114 cm³/mol. The molecule has 0 saturated heterocycles. The van der Waals surface area contributed by atoms with Crippen LogP contribution in [0.25, 0.3) is 0 Å². The first kappa shape index (κ1) is 22.5. The van der Waals surface area contributed by atoms with Crippen LogP contribution in [-0.2, 0) is 14.8 Å². The number of anilines is 1. The van der Waals surface area contributed by atoms with Crippen molar-refractivity contribution in [3.8, 4) is 11.5 Å². The van der Waals surface area contributed by atoms with Crippen molar-refractivity contribution in [3.63, 3.8) is 0 Å². The van der Waals surface area contributed by atoms with Crippen LogP contribution in [0.3, 0.4) is 0 Å². The van der Waals surface area contributed by atoms with Crippen molar-refractivity contribution in [1.82, 2.24) is 5.32 Å². The largest absolute Gasteiger partial charge is 0.490 e. The maximum atomic E-state index is 12.2. The van der Waals surface area contributed by atoms with Crippen molar-refractivity contribution in [3.05, 3.63) is 54.1 Å². The molecule has 0 aliphatic carbocycles. The predicted octanol–water partition coefficient (Wildman–Crippen LogP) is 3.49. The molecule has 0 aromatic heterocycles. The van der Waals surface area contributed by atoms with Crippen LogP contribution in [0.5, 0.6) is 11.5 Å². The Morgan fingerprint density at radius 1 is 1.07 bits per heavy atom. The van der Waals surface area contributed by atoms with E-state index >= 15 is 0 Å². The average molecular weight is 421 g/mol. The summed E-state index contributed by atoms with van der Waals surface area (Å²) >= 11 is 0. The molecule has 0 bridgehead atoms. The smallest absolute Gasteiger partial charge is 0.229 e. The van der Waals surface area contributed by atoms with Crippen LogP contribution < -0.4 is 19.5 Å². The molecule has 0 aliphatic rings. The molecule has 29 heavy (non-hydrogen) atoms. The Balaban J connectivity index is 1.80. The molecule has 2 rings (SSSR count). The van der Waals surface area contributed by atoms with Gasteiger partial charge in [0.15, 0.2) is 11.5 Å². The van der Waals surface area contributed by atoms with Crippen LogP contribution in [0.2, 0.25) is 0 Å². The van der Waals surface area contributed by atoms with E-state index in [2.05, 4.69) is 10.0 Å². The minimum Gasteiger partial charge on any atom is -0.490 e. The summed E-state index contributed by atoms with van der Waals surface area (Å²) in [5.74, 6) is 1.26. The van der Waals surface area contributed by atoms with Gasteiger partial charge in [-0.3, -0.25) is 9.52 Å². The molecule has 1 amide bonds. The van der Waals surface area contributed by atoms with Gasteiger partial charge in [-0.05, 0) is 50.1 Å². The van der Waals surface area contributed by atoms with E-state index in [1.807, 2.05) is 44.2 Å². The quantitative estimate of drug-likeness (QED) is 0.543. The maximum absolute atomic E-state index is 12.2. The molecule has 8 heteroatoms. The second kappa shape index (κ2) is 10.7. The molecule has 2 aromatic carbocycles. The summed E-state index contributed by atoms with van der Waals surface area (Å²) in [5, 5.41) is 2.92. The number of carbonyl (C=O) groups is 1. The SMILES string of the molecule is CCOc1ccccc1OCCCC(=O)NC(C)c1cccc(NS(C)(=O)=O)c1. The third kappa shape index (κ3) is 8.03. The molecule has 158 valence electrons. The molecule has 0 aliphatic heterocycles. The fourth-order valence-electron chi connectivity index (χ4n) is 2.74. The number of nitrogens with one attached hydrogen (secondary N) is 2. The van der Waals surface area contributed by atoms with Gasteiger partial charge < -0.3 is 14.8 Å². The van der Waals surface area contributed by atoms with Crippen molar-refractivity contribution >= 4 is 21.6 Å². The van der Waals surface area contributed by atoms with Gasteiger partial charge in [-0.2, -0.15) is 0 Å². The number of carbonyl (C=O) groups excluding carboxylic acids is 1. The van der Waals surface area contributed by atoms with E-state index in [1.165, 1.54) is 0 Å². The molecule has 0 fully saturated rings. The Bertz CT molecular complexity index is 915. The first-order valence-electron chi connectivity index (χ1n) is 9.50. The van der Waals surface area contributed by atoms with E-state index in [0.29, 0.717) is 43.2 Å². The highest BCUT2D eigenvalue weighted by Crippen LogP contribution is 2.26. The monoisotopic (exact) mass is 420 g/mol. The lowest BCUT2D eigenvalue weighted by atomic mass is 10.1. The van der Waals surface area contributed by atoms with Gasteiger partial charge >= 0.3 is 0 Å². The highest BCUT2D eigenvalue weighted by molar-refractivity contribution is 7.92. The van der Waals surface area contributed by atoms with Crippen molar-refractivity contribution in [2.75, 3.05) is 24.2 Å². The zero-order valence-electron chi connectivity index (χ0n) is 17.0. The van der Waals surface area contributed by atoms with Crippen LogP contribution in [0.1, 0.15) is 38.3 Å². The van der Waals surface area contributed by atoms with Crippen molar-refractivity contribution < 1.29 is 22.7 Å². The second-order valence-electron chi connectivity index (χ2n) is 6.62. The van der Waals surface area contributed by atoms with Crippen LogP contribution in [-0.4, -0.2) is 33.8 Å². The van der Waals surface area contributed by atoms with Gasteiger partial charge in [0.2, 0.25) is 15.9 Å². The van der Waals surface area contributed by atoms with Gasteiger partial charge in [0.1, 0.15) is 0 Å². The summed E-state index contributed by atoms with van der Waals surface area (Å²) in [6.45, 7) is 4.72. The molecule has 0 heterocycles. The summed E-state index contributed by atoms with van der Waals surface area (Å²) in [7, 11) is -3.35. The number of amides is 1. The van der Waals surface area contributed by atoms with Gasteiger partial charge in [0.25, 0.3) is 0 Å². The van der Waals surface area contributed by atoms with Crippen molar-refractivity contribution in [1.29, 1.82) is 0 Å². The highest BCUT2D eigenvalue weighted by Gasteiger charge is 2.11. The van der Waals surface area contributed by atoms with Crippen LogP contribution in [0, 0.1) is 0 Å². The standard InChI is InChI=1S/C21H28N2O5S/c1-4-27-19-11-5-6-12-20(19)28-14-8-13-21(24)22-16(2)17-9-7-10-18(15-17)23-29(3,25)26/h5-7,9-12,15-16,23H,4,8,13-14H2,1-3H3,(H,22,24). The van der Waals surface area contributed by atoms with E-state index in [0.717, 1.165) is 11.8 Å². The lowest BCUT2D eigenvalue weighted by Gasteiger charge is -2.16. The van der Waals surface area contributed by atoms with Gasteiger partial charge in [0, 0.05) is 12.1 Å². The first-order chi connectivity index (χ1) is 13.8. The van der Waals surface area contributed by atoms with Gasteiger partial charge in [-0.15, -0.1) is 0 Å². The van der Waals surface area contributed by atoms with E-state index in [4.69, 9.17) is 9.47 Å². The molecular weight excluding hydrogens is 392 g/mol. The fraction of sp³-hybridized carbons (Fsp3) is 0.381. The number of para-hydroxylation sites is 2. The summed E-state index contributed by atoms with van der Waals surface area (Å²) in [5.41, 5.74) is 1.28. The van der Waals surface area contributed by atoms with Crippen molar-refractivity contribution in [2.24, 2.45) is 0 Å². The number of sulfonamides is 1. The summed E-state index contributed by atoms with van der Waals surface area (Å²) < 4.78 is 36.4. The average Bonchev–Trinajstić information content (AvgIpc) is 2.65. The molecule has 0 radical (unpaired) electrons. The number of benzene rings is 2. The highest BCUT2D eigenvalue weighted by atomic mass is 32.2. The first-order valence-corrected chi connectivity index (χ1v) is 11.4. The fourth-order valence-corrected chi connectivity index (χ4v) is 3.30. The number of ether oxygens (including phenoxy) is 2. The Kier molecular flexibility index (Phi) is 8.33. The molecule has 1 unspecified atom stereocenters. The minimum absolute atomic E-state index is 0.0966. The van der Waals surface area contributed by atoms with Crippen molar-refractivity contribution in [2.45, 2.75) is 32.7 Å². The molecule has 2 N–H and O–H groups in total. The lowest BCUT2D eigenvalue weighted by Crippen LogP contribution is -2.26. The Morgan fingerprint density at radius 3 is 2.41 bits per heavy atom. The molecule has 0 saturated carbocycles. The van der Waals surface area contributed by atoms with Gasteiger partial charge in [-0.1, -0.05) is 24.3 Å². The molecule has 1 atom stereocenters. The summed E-state index contributed by atoms with van der Waals surface area (Å²) in [6.07, 6.45) is 1.98. The third-order valence-electron chi connectivity index (χ3n) is 4.02. The van der Waals surface area contributed by atoms with Gasteiger partial charge in [-0.25, -0.2) is 8.42 Å². The topological polar surface area (TPSA) is 93.7 Å². The van der Waals surface area contributed by atoms with Gasteiger partial charge in [0.05, 0.1) is 25.5 Å². The Hall–Kier alpha value is -2.74. The second-order valence-corrected chi connectivity index (χ2v) is 8.37. The Labute approximate surface area is 172 Å². The molecule has 2 aromatic rings. The van der Waals surface area contributed by atoms with E-state index in [1.54, 1.807) is 18.2 Å². The van der Waals surface area contributed by atoms with E-state index in [-0.39, 0.29) is 11.9 Å². The molecule has 0 spiro atoms. The summed E-state index contributed by atoms with van der Waals surface area (Å²) in [6, 6.07) is 14.2. The lowest BCUT2D eigenvalue weighted by molar-refractivity contribution is -0.121. The zero-order valence-corrected chi connectivity index (χ0v) is 17.8. The Morgan fingerprint density at radius 2 is 1.76 bits per heavy atom. The summed E-state index contributed by atoms with van der Waals surface area (Å²) in [4.78, 5) is 12.2. The number of rotatable bonds is 11. The number of hydrogen-bond donors (Lipinski definition) is 2. The van der Waals surface area contributed by atoms with E-state index in [9.17, 15) is 13.2 Å². The molecular formula is C21H28N2O5S. The van der Waals surface area contributed by atoms with Crippen LogP contribution in [0.4, 0.5) is 5.69 Å². The van der Waals surface area contributed by atoms with E-state index < -0.39 is 10.0 Å². The van der Waals surface area contributed by atoms with Crippen LogP contribution >= 0.6 is 0 Å².